The first-order chi connectivity index (χ1) is 9.54. The van der Waals surface area contributed by atoms with Gasteiger partial charge < -0.3 is 10.6 Å². The first-order valence-electron chi connectivity index (χ1n) is 6.92. The quantitative estimate of drug-likeness (QED) is 0.898. The summed E-state index contributed by atoms with van der Waals surface area (Å²) in [6.07, 6.45) is 0. The summed E-state index contributed by atoms with van der Waals surface area (Å²) in [7, 11) is 0. The molecule has 0 saturated carbocycles. The number of nitrogens with two attached hydrogens (primary N) is 1. The highest BCUT2D eigenvalue weighted by Gasteiger charge is 2.17. The van der Waals surface area contributed by atoms with Crippen LogP contribution in [0.4, 0.5) is 15.8 Å². The topological polar surface area (TPSA) is 29.3 Å². The maximum absolute atomic E-state index is 14.1. The van der Waals surface area contributed by atoms with Gasteiger partial charge in [-0.15, -0.1) is 0 Å². The van der Waals surface area contributed by atoms with Crippen LogP contribution in [0.3, 0.4) is 0 Å². The lowest BCUT2D eigenvalue weighted by molar-refractivity contribution is 0.593. The summed E-state index contributed by atoms with van der Waals surface area (Å²) < 4.78 is 14.1. The van der Waals surface area contributed by atoms with Crippen LogP contribution in [0.25, 0.3) is 0 Å². The molecule has 0 aliphatic carbocycles. The lowest BCUT2D eigenvalue weighted by Crippen LogP contribution is -2.21. The highest BCUT2D eigenvalue weighted by Crippen LogP contribution is 2.32. The third kappa shape index (κ3) is 2.83. The molecule has 2 rings (SSSR count). The van der Waals surface area contributed by atoms with E-state index >= 15 is 0 Å². The van der Waals surface area contributed by atoms with Crippen LogP contribution in [0.1, 0.15) is 31.0 Å². The zero-order valence-corrected chi connectivity index (χ0v) is 12.2. The van der Waals surface area contributed by atoms with Crippen LogP contribution >= 0.6 is 0 Å². The Morgan fingerprint density at radius 1 is 1.15 bits per heavy atom. The van der Waals surface area contributed by atoms with Crippen LogP contribution in [-0.4, -0.2) is 6.54 Å². The fourth-order valence-corrected chi connectivity index (χ4v) is 2.43. The van der Waals surface area contributed by atoms with Crippen molar-refractivity contribution in [1.82, 2.24) is 0 Å². The van der Waals surface area contributed by atoms with Gasteiger partial charge in [0.25, 0.3) is 0 Å². The van der Waals surface area contributed by atoms with E-state index in [9.17, 15) is 4.39 Å². The SMILES string of the molecule is CCN(c1ccc(C)cc1)c1cccc(F)c1C(C)N. The summed E-state index contributed by atoms with van der Waals surface area (Å²) in [5, 5.41) is 0. The molecule has 2 aromatic carbocycles. The standard InChI is InChI=1S/C17H21FN2/c1-4-20(14-10-8-12(2)9-11-14)16-7-5-6-15(18)17(16)13(3)19/h5-11,13H,4,19H2,1-3H3. The average molecular weight is 272 g/mol. The molecule has 3 heteroatoms. The normalized spacial score (nSPS) is 12.2. The van der Waals surface area contributed by atoms with Crippen LogP contribution in [0, 0.1) is 12.7 Å². The smallest absolute Gasteiger partial charge is 0.130 e. The minimum absolute atomic E-state index is 0.247. The van der Waals surface area contributed by atoms with E-state index in [-0.39, 0.29) is 11.9 Å². The maximum Gasteiger partial charge on any atom is 0.130 e. The molecule has 106 valence electrons. The predicted octanol–water partition coefficient (Wildman–Crippen LogP) is 4.31. The summed E-state index contributed by atoms with van der Waals surface area (Å²) >= 11 is 0. The van der Waals surface area contributed by atoms with E-state index in [1.54, 1.807) is 6.07 Å². The summed E-state index contributed by atoms with van der Waals surface area (Å²) in [6, 6.07) is 13.0. The fourth-order valence-electron chi connectivity index (χ4n) is 2.43. The molecular weight excluding hydrogens is 251 g/mol. The molecule has 0 spiro atoms. The molecule has 0 amide bonds. The summed E-state index contributed by atoms with van der Waals surface area (Å²) in [5.74, 6) is -0.247. The number of aryl methyl sites for hydroxylation is 1. The van der Waals surface area contributed by atoms with Crippen molar-refractivity contribution in [1.29, 1.82) is 0 Å². The Hall–Kier alpha value is -1.87. The number of hydrogen-bond acceptors (Lipinski definition) is 2. The van der Waals surface area contributed by atoms with E-state index in [1.165, 1.54) is 11.6 Å². The Balaban J connectivity index is 2.52. The van der Waals surface area contributed by atoms with Crippen molar-refractivity contribution in [3.05, 3.63) is 59.4 Å². The third-order valence-electron chi connectivity index (χ3n) is 3.44. The number of rotatable bonds is 4. The first kappa shape index (κ1) is 14.5. The Morgan fingerprint density at radius 2 is 1.80 bits per heavy atom. The molecule has 2 aromatic rings. The second-order valence-electron chi connectivity index (χ2n) is 5.04. The van der Waals surface area contributed by atoms with Crippen LogP contribution in [-0.2, 0) is 0 Å². The van der Waals surface area contributed by atoms with Crippen LogP contribution in [0.2, 0.25) is 0 Å². The van der Waals surface area contributed by atoms with Crippen LogP contribution < -0.4 is 10.6 Å². The zero-order chi connectivity index (χ0) is 14.7. The first-order valence-corrected chi connectivity index (χ1v) is 6.92. The van der Waals surface area contributed by atoms with E-state index in [4.69, 9.17) is 5.73 Å². The van der Waals surface area contributed by atoms with Gasteiger partial charge in [0.1, 0.15) is 5.82 Å². The largest absolute Gasteiger partial charge is 0.341 e. The van der Waals surface area contributed by atoms with Crippen molar-refractivity contribution in [3.63, 3.8) is 0 Å². The Morgan fingerprint density at radius 3 is 2.35 bits per heavy atom. The molecule has 20 heavy (non-hydrogen) atoms. The number of benzene rings is 2. The van der Waals surface area contributed by atoms with Gasteiger partial charge >= 0.3 is 0 Å². The Labute approximate surface area is 120 Å². The molecule has 0 radical (unpaired) electrons. The van der Waals surface area contributed by atoms with Gasteiger partial charge in [-0.3, -0.25) is 0 Å². The molecule has 1 unspecified atom stereocenters. The van der Waals surface area contributed by atoms with Crippen LogP contribution in [0.5, 0.6) is 0 Å². The van der Waals surface area contributed by atoms with Gasteiger partial charge in [-0.1, -0.05) is 23.8 Å². The number of hydrogen-bond donors (Lipinski definition) is 1. The van der Waals surface area contributed by atoms with Gasteiger partial charge in [-0.2, -0.15) is 0 Å². The summed E-state index contributed by atoms with van der Waals surface area (Å²) in [4.78, 5) is 2.08. The minimum atomic E-state index is -0.342. The molecule has 0 fully saturated rings. The van der Waals surface area contributed by atoms with Gasteiger partial charge in [0.05, 0.1) is 0 Å². The van der Waals surface area contributed by atoms with Gasteiger partial charge in [0, 0.05) is 29.5 Å². The van der Waals surface area contributed by atoms with Crippen molar-refractivity contribution in [3.8, 4) is 0 Å². The van der Waals surface area contributed by atoms with Crippen molar-refractivity contribution >= 4 is 11.4 Å². The molecular formula is C17H21FN2. The third-order valence-corrected chi connectivity index (χ3v) is 3.44. The van der Waals surface area contributed by atoms with E-state index in [2.05, 4.69) is 43.0 Å². The Bertz CT molecular complexity index is 576. The highest BCUT2D eigenvalue weighted by molar-refractivity contribution is 5.67. The number of anilines is 2. The number of halogens is 1. The molecule has 0 bridgehead atoms. The Kier molecular flexibility index (Phi) is 4.40. The van der Waals surface area contributed by atoms with E-state index in [1.807, 2.05) is 13.0 Å². The lowest BCUT2D eigenvalue weighted by atomic mass is 10.0. The van der Waals surface area contributed by atoms with E-state index in [0.717, 1.165) is 17.9 Å². The number of nitrogens with zero attached hydrogens (tertiary/aromatic N) is 1. The lowest BCUT2D eigenvalue weighted by Gasteiger charge is -2.27. The van der Waals surface area contributed by atoms with Crippen molar-refractivity contribution in [2.75, 3.05) is 11.4 Å². The molecule has 2 N–H and O–H groups in total. The summed E-state index contributed by atoms with van der Waals surface area (Å²) in [5.41, 5.74) is 9.60. The maximum atomic E-state index is 14.1. The molecule has 0 aliphatic heterocycles. The van der Waals surface area contributed by atoms with Crippen LogP contribution in [0.15, 0.2) is 42.5 Å². The predicted molar refractivity (Wildman–Crippen MR) is 82.9 cm³/mol. The average Bonchev–Trinajstić information content (AvgIpc) is 2.41. The minimum Gasteiger partial charge on any atom is -0.341 e. The van der Waals surface area contributed by atoms with E-state index < -0.39 is 0 Å². The van der Waals surface area contributed by atoms with Gasteiger partial charge in [-0.25, -0.2) is 4.39 Å². The molecule has 0 heterocycles. The van der Waals surface area contributed by atoms with E-state index in [0.29, 0.717) is 5.56 Å². The van der Waals surface area contributed by atoms with Gasteiger partial charge in [0.2, 0.25) is 0 Å². The van der Waals surface area contributed by atoms with Crippen molar-refractivity contribution in [2.24, 2.45) is 5.73 Å². The molecule has 0 aliphatic rings. The summed E-state index contributed by atoms with van der Waals surface area (Å²) in [6.45, 7) is 6.67. The van der Waals surface area contributed by atoms with Gasteiger partial charge in [0.15, 0.2) is 0 Å². The molecule has 0 aromatic heterocycles. The molecule has 2 nitrogen and oxygen atoms in total. The van der Waals surface area contributed by atoms with Gasteiger partial charge in [-0.05, 0) is 45.0 Å². The highest BCUT2D eigenvalue weighted by atomic mass is 19.1. The second kappa shape index (κ2) is 6.06. The van der Waals surface area contributed by atoms with Crippen molar-refractivity contribution < 1.29 is 4.39 Å². The molecule has 1 atom stereocenters. The fraction of sp³-hybridized carbons (Fsp3) is 0.294. The second-order valence-corrected chi connectivity index (χ2v) is 5.04. The van der Waals surface area contributed by atoms with Crippen molar-refractivity contribution in [2.45, 2.75) is 26.8 Å². The monoisotopic (exact) mass is 272 g/mol. The zero-order valence-electron chi connectivity index (χ0n) is 12.2. The molecule has 0 saturated heterocycles.